The molecule has 3 aromatic carbocycles. The van der Waals surface area contributed by atoms with Crippen LogP contribution < -0.4 is 5.32 Å². The summed E-state index contributed by atoms with van der Waals surface area (Å²) in [6.45, 7) is 0. The standard InChI is InChI=1S/C22H15F2N3O2S/c23-15-10-12-16(13-11-15)25-20(28)19(14-6-2-1-3-7-14)30-22-27-26-21(29-22)17-8-4-5-9-18(17)24/h1-13,19H,(H,25,28)/t19-/m0/s1. The van der Waals surface area contributed by atoms with Gasteiger partial charge in [0.1, 0.15) is 16.9 Å². The first-order chi connectivity index (χ1) is 14.6. The molecular formula is C22H15F2N3O2S. The second-order valence-corrected chi connectivity index (χ2v) is 7.31. The number of rotatable bonds is 6. The van der Waals surface area contributed by atoms with E-state index in [1.807, 2.05) is 18.2 Å². The fraction of sp³-hybridized carbons (Fsp3) is 0.0455. The van der Waals surface area contributed by atoms with Crippen LogP contribution in [0.2, 0.25) is 0 Å². The molecule has 4 rings (SSSR count). The largest absolute Gasteiger partial charge is 0.411 e. The molecule has 0 aliphatic heterocycles. The molecule has 0 unspecified atom stereocenters. The second-order valence-electron chi connectivity index (χ2n) is 6.26. The van der Waals surface area contributed by atoms with Crippen molar-refractivity contribution in [2.75, 3.05) is 5.32 Å². The van der Waals surface area contributed by atoms with E-state index in [1.54, 1.807) is 24.3 Å². The molecular weight excluding hydrogens is 408 g/mol. The van der Waals surface area contributed by atoms with Crippen LogP contribution in [0.1, 0.15) is 10.8 Å². The summed E-state index contributed by atoms with van der Waals surface area (Å²) in [5.41, 5.74) is 1.36. The quantitative estimate of drug-likeness (QED) is 0.416. The van der Waals surface area contributed by atoms with Crippen LogP contribution >= 0.6 is 11.8 Å². The van der Waals surface area contributed by atoms with E-state index >= 15 is 0 Å². The molecule has 0 saturated carbocycles. The van der Waals surface area contributed by atoms with Crippen molar-refractivity contribution in [3.8, 4) is 11.5 Å². The third-order valence-corrected chi connectivity index (χ3v) is 5.27. The third kappa shape index (κ3) is 4.55. The Kier molecular flexibility index (Phi) is 5.85. The average molecular weight is 423 g/mol. The number of anilines is 1. The van der Waals surface area contributed by atoms with Gasteiger partial charge >= 0.3 is 0 Å². The van der Waals surface area contributed by atoms with Gasteiger partial charge in [-0.2, -0.15) is 0 Å². The SMILES string of the molecule is O=C(Nc1ccc(F)cc1)[C@@H](Sc1nnc(-c2ccccc2F)o1)c1ccccc1. The molecule has 150 valence electrons. The number of thioether (sulfide) groups is 1. The summed E-state index contributed by atoms with van der Waals surface area (Å²) in [4.78, 5) is 13.0. The van der Waals surface area contributed by atoms with Crippen molar-refractivity contribution in [3.63, 3.8) is 0 Å². The van der Waals surface area contributed by atoms with Crippen molar-refractivity contribution in [3.05, 3.63) is 96.1 Å². The molecule has 1 N–H and O–H groups in total. The molecule has 0 bridgehead atoms. The van der Waals surface area contributed by atoms with Gasteiger partial charge in [0, 0.05) is 5.69 Å². The van der Waals surface area contributed by atoms with Gasteiger partial charge in [-0.15, -0.1) is 10.2 Å². The van der Waals surface area contributed by atoms with E-state index in [4.69, 9.17) is 4.42 Å². The van der Waals surface area contributed by atoms with Gasteiger partial charge in [-0.25, -0.2) is 8.78 Å². The van der Waals surface area contributed by atoms with Crippen molar-refractivity contribution < 1.29 is 18.0 Å². The number of nitrogens with zero attached hydrogens (tertiary/aromatic N) is 2. The molecule has 5 nitrogen and oxygen atoms in total. The molecule has 1 heterocycles. The zero-order valence-electron chi connectivity index (χ0n) is 15.5. The van der Waals surface area contributed by atoms with E-state index in [1.165, 1.54) is 36.4 Å². The van der Waals surface area contributed by atoms with Crippen LogP contribution in [-0.2, 0) is 4.79 Å². The topological polar surface area (TPSA) is 68.0 Å². The van der Waals surface area contributed by atoms with Crippen molar-refractivity contribution in [2.24, 2.45) is 0 Å². The van der Waals surface area contributed by atoms with Gasteiger partial charge in [0.15, 0.2) is 0 Å². The van der Waals surface area contributed by atoms with Crippen LogP contribution in [0.5, 0.6) is 0 Å². The number of aromatic nitrogens is 2. The number of nitrogens with one attached hydrogen (secondary N) is 1. The predicted molar refractivity (Wildman–Crippen MR) is 110 cm³/mol. The van der Waals surface area contributed by atoms with E-state index in [0.717, 1.165) is 11.8 Å². The molecule has 1 aromatic heterocycles. The lowest BCUT2D eigenvalue weighted by Gasteiger charge is -2.15. The Labute approximate surface area is 175 Å². The van der Waals surface area contributed by atoms with Crippen LogP contribution in [0.25, 0.3) is 11.5 Å². The number of hydrogen-bond acceptors (Lipinski definition) is 5. The van der Waals surface area contributed by atoms with Gasteiger partial charge in [-0.05, 0) is 53.7 Å². The van der Waals surface area contributed by atoms with Gasteiger partial charge in [-0.1, -0.05) is 42.5 Å². The molecule has 1 amide bonds. The van der Waals surface area contributed by atoms with Crippen molar-refractivity contribution in [1.29, 1.82) is 0 Å². The first kappa shape index (κ1) is 19.8. The maximum absolute atomic E-state index is 14.0. The molecule has 0 radical (unpaired) electrons. The van der Waals surface area contributed by atoms with E-state index < -0.39 is 16.9 Å². The first-order valence-electron chi connectivity index (χ1n) is 8.96. The first-order valence-corrected chi connectivity index (χ1v) is 9.84. The normalized spacial score (nSPS) is 11.8. The molecule has 0 aliphatic carbocycles. The molecule has 1 atom stereocenters. The molecule has 0 fully saturated rings. The zero-order chi connectivity index (χ0) is 20.9. The minimum Gasteiger partial charge on any atom is -0.411 e. The third-order valence-electron chi connectivity index (χ3n) is 4.18. The lowest BCUT2D eigenvalue weighted by molar-refractivity contribution is -0.115. The molecule has 0 saturated heterocycles. The number of benzene rings is 3. The van der Waals surface area contributed by atoms with Crippen molar-refractivity contribution >= 4 is 23.4 Å². The van der Waals surface area contributed by atoms with Gasteiger partial charge in [0.2, 0.25) is 5.91 Å². The summed E-state index contributed by atoms with van der Waals surface area (Å²) in [6, 6.07) is 20.6. The minimum atomic E-state index is -0.717. The Bertz CT molecular complexity index is 1150. The number of carbonyl (C=O) groups is 1. The Morgan fingerprint density at radius 3 is 2.33 bits per heavy atom. The molecule has 0 aliphatic rings. The van der Waals surface area contributed by atoms with Crippen molar-refractivity contribution in [1.82, 2.24) is 10.2 Å². The summed E-state index contributed by atoms with van der Waals surface area (Å²) in [5, 5.41) is 10.0. The van der Waals surface area contributed by atoms with E-state index in [0.29, 0.717) is 11.3 Å². The molecule has 8 heteroatoms. The van der Waals surface area contributed by atoms with Crippen molar-refractivity contribution in [2.45, 2.75) is 10.5 Å². The number of hydrogen-bond donors (Lipinski definition) is 1. The van der Waals surface area contributed by atoms with Gasteiger partial charge in [0.05, 0.1) is 5.56 Å². The highest BCUT2D eigenvalue weighted by molar-refractivity contribution is 8.00. The average Bonchev–Trinajstić information content (AvgIpc) is 3.23. The van der Waals surface area contributed by atoms with Gasteiger partial charge in [-0.3, -0.25) is 4.79 Å². The summed E-state index contributed by atoms with van der Waals surface area (Å²) in [6.07, 6.45) is 0. The monoisotopic (exact) mass is 423 g/mol. The summed E-state index contributed by atoms with van der Waals surface area (Å²) in [7, 11) is 0. The minimum absolute atomic E-state index is 0.0290. The Balaban J connectivity index is 1.59. The van der Waals surface area contributed by atoms with Gasteiger partial charge in [0.25, 0.3) is 11.1 Å². The number of carbonyl (C=O) groups excluding carboxylic acids is 1. The maximum atomic E-state index is 14.0. The van der Waals surface area contributed by atoms with Crippen LogP contribution in [0, 0.1) is 11.6 Å². The molecule has 0 spiro atoms. The van der Waals surface area contributed by atoms with Gasteiger partial charge < -0.3 is 9.73 Å². The number of amides is 1. The maximum Gasteiger partial charge on any atom is 0.277 e. The lowest BCUT2D eigenvalue weighted by atomic mass is 10.1. The molecule has 4 aromatic rings. The Hall–Kier alpha value is -3.52. The van der Waals surface area contributed by atoms with Crippen LogP contribution in [0.3, 0.4) is 0 Å². The predicted octanol–water partition coefficient (Wildman–Crippen LogP) is 5.49. The zero-order valence-corrected chi connectivity index (χ0v) is 16.3. The van der Waals surface area contributed by atoms with Crippen LogP contribution in [-0.4, -0.2) is 16.1 Å². The lowest BCUT2D eigenvalue weighted by Crippen LogP contribution is -2.19. The highest BCUT2D eigenvalue weighted by atomic mass is 32.2. The van der Waals surface area contributed by atoms with Crippen LogP contribution in [0.4, 0.5) is 14.5 Å². The molecule has 30 heavy (non-hydrogen) atoms. The van der Waals surface area contributed by atoms with Crippen LogP contribution in [0.15, 0.2) is 88.5 Å². The van der Waals surface area contributed by atoms with E-state index in [2.05, 4.69) is 15.5 Å². The Morgan fingerprint density at radius 2 is 1.60 bits per heavy atom. The summed E-state index contributed by atoms with van der Waals surface area (Å²) in [5.74, 6) is -1.19. The highest BCUT2D eigenvalue weighted by Gasteiger charge is 2.25. The highest BCUT2D eigenvalue weighted by Crippen LogP contribution is 2.36. The number of halogens is 2. The fourth-order valence-corrected chi connectivity index (χ4v) is 3.62. The summed E-state index contributed by atoms with van der Waals surface area (Å²) >= 11 is 1.04. The van der Waals surface area contributed by atoms with E-state index in [9.17, 15) is 13.6 Å². The Morgan fingerprint density at radius 1 is 0.900 bits per heavy atom. The smallest absolute Gasteiger partial charge is 0.277 e. The van der Waals surface area contributed by atoms with E-state index in [-0.39, 0.29) is 22.6 Å². The summed E-state index contributed by atoms with van der Waals surface area (Å²) < 4.78 is 32.7. The fourth-order valence-electron chi connectivity index (χ4n) is 2.74. The second kappa shape index (κ2) is 8.87.